The van der Waals surface area contributed by atoms with Gasteiger partial charge in [-0.25, -0.2) is 9.97 Å². The van der Waals surface area contributed by atoms with Gasteiger partial charge in [0.05, 0.1) is 23.3 Å². The molecule has 32 heavy (non-hydrogen) atoms. The maximum atomic E-state index is 13.4. The summed E-state index contributed by atoms with van der Waals surface area (Å²) in [5, 5.41) is 23.1. The van der Waals surface area contributed by atoms with Crippen LogP contribution < -0.4 is 10.2 Å². The van der Waals surface area contributed by atoms with E-state index in [1.54, 1.807) is 25.4 Å². The highest BCUT2D eigenvalue weighted by Gasteiger charge is 2.56. The zero-order valence-electron chi connectivity index (χ0n) is 17.9. The van der Waals surface area contributed by atoms with Crippen molar-refractivity contribution in [1.82, 2.24) is 25.3 Å². The molecule has 0 aromatic carbocycles. The number of aromatic nitrogens is 4. The maximum Gasteiger partial charge on any atom is 0.224 e. The second-order valence-electron chi connectivity index (χ2n) is 9.09. The van der Waals surface area contributed by atoms with Gasteiger partial charge in [-0.2, -0.15) is 5.26 Å². The van der Waals surface area contributed by atoms with Crippen LogP contribution in [0.15, 0.2) is 36.9 Å². The number of H-pyrrole nitrogens is 1. The Morgan fingerprint density at radius 3 is 2.91 bits per heavy atom. The maximum absolute atomic E-state index is 13.4. The molecule has 2 aliphatic rings. The lowest BCUT2D eigenvalue weighted by molar-refractivity contribution is -0.130. The van der Waals surface area contributed by atoms with Crippen LogP contribution in [0.1, 0.15) is 37.4 Å². The second-order valence-corrected chi connectivity index (χ2v) is 9.09. The van der Waals surface area contributed by atoms with Gasteiger partial charge in [-0.1, -0.05) is 0 Å². The molecule has 3 aromatic rings. The molecule has 4 heterocycles. The monoisotopic (exact) mass is 431 g/mol. The number of carbonyl (C=O) groups is 1. The van der Waals surface area contributed by atoms with Crippen LogP contribution in [0.25, 0.3) is 11.0 Å². The molecule has 0 unspecified atom stereocenters. The number of nitrogens with zero attached hydrogens (tertiary/aromatic N) is 5. The van der Waals surface area contributed by atoms with E-state index in [4.69, 9.17) is 5.26 Å². The predicted molar refractivity (Wildman–Crippen MR) is 117 cm³/mol. The van der Waals surface area contributed by atoms with Crippen LogP contribution in [0, 0.1) is 22.7 Å². The Hall–Kier alpha value is -3.51. The number of nitrogens with one attached hydrogen (secondary N) is 2. The normalized spacial score (nSPS) is 21.2. The van der Waals surface area contributed by atoms with Gasteiger partial charge in [-0.05, 0) is 49.8 Å². The zero-order chi connectivity index (χ0) is 22.3. The predicted octanol–water partition coefficient (Wildman–Crippen LogP) is 1.85. The van der Waals surface area contributed by atoms with Crippen LogP contribution in [0.5, 0.6) is 0 Å². The smallest absolute Gasteiger partial charge is 0.224 e. The van der Waals surface area contributed by atoms with E-state index in [1.807, 2.05) is 18.3 Å². The lowest BCUT2D eigenvalue weighted by Crippen LogP contribution is -2.54. The van der Waals surface area contributed by atoms with Gasteiger partial charge < -0.3 is 20.3 Å². The molecule has 1 saturated heterocycles. The summed E-state index contributed by atoms with van der Waals surface area (Å²) in [6.07, 6.45) is 7.60. The molecular weight excluding hydrogens is 406 g/mol. The Balaban J connectivity index is 1.34. The number of pyridine rings is 1. The summed E-state index contributed by atoms with van der Waals surface area (Å²) in [6.45, 7) is 2.98. The van der Waals surface area contributed by atoms with Gasteiger partial charge in [0.25, 0.3) is 0 Å². The molecule has 1 amide bonds. The summed E-state index contributed by atoms with van der Waals surface area (Å²) in [5.74, 6) is 0.717. The average molecular weight is 432 g/mol. The van der Waals surface area contributed by atoms with E-state index in [0.29, 0.717) is 17.7 Å². The molecule has 3 N–H and O–H groups in total. The molecule has 1 spiro atoms. The molecule has 9 nitrogen and oxygen atoms in total. The molecule has 0 radical (unpaired) electrons. The van der Waals surface area contributed by atoms with Gasteiger partial charge in [0.1, 0.15) is 29.4 Å². The van der Waals surface area contributed by atoms with E-state index in [1.165, 1.54) is 6.20 Å². The highest BCUT2D eigenvalue weighted by atomic mass is 16.3. The lowest BCUT2D eigenvalue weighted by Gasteiger charge is -2.40. The van der Waals surface area contributed by atoms with Crippen molar-refractivity contribution in [3.8, 4) is 6.07 Å². The number of aliphatic hydroxyl groups excluding tert-OH is 1. The summed E-state index contributed by atoms with van der Waals surface area (Å²) in [5.41, 5.74) is 0.691. The fourth-order valence-electron chi connectivity index (χ4n) is 4.86. The van der Waals surface area contributed by atoms with E-state index in [2.05, 4.69) is 30.2 Å². The van der Waals surface area contributed by atoms with Crippen molar-refractivity contribution in [2.24, 2.45) is 11.3 Å². The third-order valence-electron chi connectivity index (χ3n) is 6.95. The number of carbonyl (C=O) groups excluding carboxylic acids is 1. The van der Waals surface area contributed by atoms with Gasteiger partial charge in [0.2, 0.25) is 5.91 Å². The average Bonchev–Trinajstić information content (AvgIpc) is 3.40. The minimum atomic E-state index is -1.01. The summed E-state index contributed by atoms with van der Waals surface area (Å²) < 4.78 is 0. The van der Waals surface area contributed by atoms with Crippen molar-refractivity contribution in [1.29, 1.82) is 5.26 Å². The summed E-state index contributed by atoms with van der Waals surface area (Å²) in [4.78, 5) is 31.9. The van der Waals surface area contributed by atoms with Gasteiger partial charge in [0.15, 0.2) is 0 Å². The van der Waals surface area contributed by atoms with Crippen LogP contribution in [0.2, 0.25) is 0 Å². The number of aliphatic hydroxyl groups is 1. The largest absolute Gasteiger partial charge is 0.394 e. The van der Waals surface area contributed by atoms with E-state index < -0.39 is 5.54 Å². The van der Waals surface area contributed by atoms with Gasteiger partial charge in [-0.15, -0.1) is 0 Å². The first-order valence-corrected chi connectivity index (χ1v) is 10.8. The molecule has 9 heteroatoms. The highest BCUT2D eigenvalue weighted by Crippen LogP contribution is 2.56. The number of amides is 1. The third kappa shape index (κ3) is 3.37. The minimum Gasteiger partial charge on any atom is -0.394 e. The molecule has 2 fully saturated rings. The molecule has 164 valence electrons. The topological polar surface area (TPSA) is 131 Å². The molecule has 2 atom stereocenters. The van der Waals surface area contributed by atoms with Crippen molar-refractivity contribution >= 4 is 22.8 Å². The second kappa shape index (κ2) is 7.57. The molecule has 1 saturated carbocycles. The summed E-state index contributed by atoms with van der Waals surface area (Å²) in [7, 11) is 0. The fraction of sp³-hybridized carbons (Fsp3) is 0.435. The number of fused-ring (bicyclic) bond motifs is 1. The van der Waals surface area contributed by atoms with E-state index in [9.17, 15) is 9.90 Å². The molecule has 1 aliphatic carbocycles. The van der Waals surface area contributed by atoms with Gasteiger partial charge in [-0.3, -0.25) is 9.78 Å². The molecular formula is C23H25N7O2. The summed E-state index contributed by atoms with van der Waals surface area (Å²) >= 11 is 0. The SMILES string of the molecule is C[C@@](CO)(NC(=O)[C@H]1CCN(c2ncnc3[nH]ccc23)CC12CC2)c1ccc(C#N)cn1. The Labute approximate surface area is 185 Å². The molecule has 3 aromatic heterocycles. The first-order valence-electron chi connectivity index (χ1n) is 10.8. The minimum absolute atomic E-state index is 0.0562. The van der Waals surface area contributed by atoms with E-state index >= 15 is 0 Å². The van der Waals surface area contributed by atoms with Crippen LogP contribution in [-0.2, 0) is 10.3 Å². The summed E-state index contributed by atoms with van der Waals surface area (Å²) in [6, 6.07) is 7.35. The van der Waals surface area contributed by atoms with Crippen molar-refractivity contribution < 1.29 is 9.90 Å². The Kier molecular flexibility index (Phi) is 4.82. The van der Waals surface area contributed by atoms with Crippen molar-refractivity contribution in [2.75, 3.05) is 24.6 Å². The Morgan fingerprint density at radius 2 is 2.22 bits per heavy atom. The third-order valence-corrected chi connectivity index (χ3v) is 6.95. The number of hydrogen-bond donors (Lipinski definition) is 3. The van der Waals surface area contributed by atoms with Crippen molar-refractivity contribution in [2.45, 2.75) is 31.7 Å². The standard InChI is InChI=1S/C23H25N7O2/c1-22(13-31,18-3-2-15(10-24)11-26-18)29-21(32)17-5-9-30(12-23(17)6-7-23)20-16-4-8-25-19(16)27-14-28-20/h2-4,8,11,14,17,31H,5-7,9,12-13H2,1H3,(H,29,32)(H,25,27,28)/t17-,22+/m1/s1. The van der Waals surface area contributed by atoms with Crippen LogP contribution in [-0.4, -0.2) is 50.6 Å². The van der Waals surface area contributed by atoms with E-state index in [0.717, 1.165) is 42.8 Å². The van der Waals surface area contributed by atoms with Crippen LogP contribution in [0.4, 0.5) is 5.82 Å². The molecule has 5 rings (SSSR count). The Bertz CT molecular complexity index is 1200. The first kappa shape index (κ1) is 20.4. The lowest BCUT2D eigenvalue weighted by atomic mass is 9.80. The zero-order valence-corrected chi connectivity index (χ0v) is 17.9. The number of aromatic amines is 1. The highest BCUT2D eigenvalue weighted by molar-refractivity contribution is 5.88. The molecule has 1 aliphatic heterocycles. The van der Waals surface area contributed by atoms with Gasteiger partial charge in [0, 0.05) is 31.4 Å². The van der Waals surface area contributed by atoms with Gasteiger partial charge >= 0.3 is 0 Å². The number of piperidine rings is 1. The number of anilines is 1. The number of rotatable bonds is 5. The van der Waals surface area contributed by atoms with Crippen molar-refractivity contribution in [3.05, 3.63) is 48.2 Å². The Morgan fingerprint density at radius 1 is 1.38 bits per heavy atom. The van der Waals surface area contributed by atoms with Crippen molar-refractivity contribution in [3.63, 3.8) is 0 Å². The van der Waals surface area contributed by atoms with Crippen LogP contribution in [0.3, 0.4) is 0 Å². The quantitative estimate of drug-likeness (QED) is 0.562. The number of hydrogen-bond acceptors (Lipinski definition) is 7. The fourth-order valence-corrected chi connectivity index (χ4v) is 4.86. The first-order chi connectivity index (χ1) is 15.5. The molecule has 0 bridgehead atoms. The number of nitriles is 1. The van der Waals surface area contributed by atoms with Crippen LogP contribution >= 0.6 is 0 Å². The van der Waals surface area contributed by atoms with E-state index in [-0.39, 0.29) is 23.8 Å².